The van der Waals surface area contributed by atoms with E-state index in [0.717, 1.165) is 0 Å². The van der Waals surface area contributed by atoms with Gasteiger partial charge in [-0.05, 0) is 42.3 Å². The Kier molecular flexibility index (Phi) is 5.34. The van der Waals surface area contributed by atoms with Gasteiger partial charge < -0.3 is 10.4 Å². The summed E-state index contributed by atoms with van der Waals surface area (Å²) in [6.07, 6.45) is 0. The lowest BCUT2D eigenvalue weighted by molar-refractivity contribution is -0.117. The molecule has 9 heteroatoms. The van der Waals surface area contributed by atoms with Crippen LogP contribution in [-0.2, 0) is 4.79 Å². The van der Waals surface area contributed by atoms with E-state index in [9.17, 15) is 19.1 Å². The Morgan fingerprint density at radius 2 is 1.85 bits per heavy atom. The lowest BCUT2D eigenvalue weighted by Crippen LogP contribution is -2.17. The molecule has 2 aromatic carbocycles. The van der Waals surface area contributed by atoms with Gasteiger partial charge in [0.25, 0.3) is 0 Å². The quantitative estimate of drug-likeness (QED) is 0.590. The van der Waals surface area contributed by atoms with Crippen molar-refractivity contribution in [1.82, 2.24) is 0 Å². The second-order valence-electron chi connectivity index (χ2n) is 6.25. The topological polar surface area (TPSA) is 66.4 Å². The van der Waals surface area contributed by atoms with Crippen LogP contribution in [0.1, 0.15) is 27.4 Å². The van der Waals surface area contributed by atoms with E-state index in [1.807, 2.05) is 0 Å². The number of aryl methyl sites for hydroxylation is 1. The number of aromatic carboxylic acids is 1. The normalized spacial score (nSPS) is 20.2. The lowest BCUT2D eigenvalue weighted by Gasteiger charge is -2.10. The number of carboxylic acid groups (broad SMARTS) is 1. The van der Waals surface area contributed by atoms with Crippen molar-refractivity contribution in [3.8, 4) is 0 Å². The Labute approximate surface area is 174 Å². The minimum absolute atomic E-state index is 0.0924. The molecule has 0 aliphatic heterocycles. The predicted molar refractivity (Wildman–Crippen MR) is 104 cm³/mol. The third-order valence-corrected chi connectivity index (χ3v) is 6.12. The van der Waals surface area contributed by atoms with Gasteiger partial charge in [-0.2, -0.15) is 0 Å². The van der Waals surface area contributed by atoms with E-state index >= 15 is 0 Å². The van der Waals surface area contributed by atoms with E-state index in [4.69, 9.17) is 46.4 Å². The van der Waals surface area contributed by atoms with Gasteiger partial charge in [0, 0.05) is 11.6 Å². The van der Waals surface area contributed by atoms with Crippen LogP contribution in [0.5, 0.6) is 0 Å². The van der Waals surface area contributed by atoms with Gasteiger partial charge in [-0.25, -0.2) is 9.18 Å². The number of amides is 1. The second-order valence-corrected chi connectivity index (χ2v) is 8.48. The summed E-state index contributed by atoms with van der Waals surface area (Å²) in [7, 11) is 0. The number of carboxylic acids is 1. The largest absolute Gasteiger partial charge is 0.478 e. The third kappa shape index (κ3) is 3.74. The summed E-state index contributed by atoms with van der Waals surface area (Å²) >= 11 is 24.3. The summed E-state index contributed by atoms with van der Waals surface area (Å²) in [5.74, 6) is -3.69. The average molecular weight is 451 g/mol. The van der Waals surface area contributed by atoms with Gasteiger partial charge in [-0.15, -0.1) is 23.2 Å². The summed E-state index contributed by atoms with van der Waals surface area (Å²) in [6.45, 7) is 1.62. The van der Waals surface area contributed by atoms with Gasteiger partial charge in [0.05, 0.1) is 21.5 Å². The lowest BCUT2D eigenvalue weighted by atomic mass is 10.1. The molecule has 0 unspecified atom stereocenters. The first kappa shape index (κ1) is 20.2. The molecule has 1 aliphatic rings. The van der Waals surface area contributed by atoms with Crippen LogP contribution in [0, 0.1) is 18.7 Å². The molecule has 0 saturated heterocycles. The van der Waals surface area contributed by atoms with Gasteiger partial charge in [0.1, 0.15) is 10.2 Å². The number of anilines is 1. The second kappa shape index (κ2) is 7.13. The molecule has 2 N–H and O–H groups in total. The number of rotatable bonds is 4. The van der Waals surface area contributed by atoms with E-state index in [-0.39, 0.29) is 21.3 Å². The van der Waals surface area contributed by atoms with E-state index in [1.165, 1.54) is 24.3 Å². The SMILES string of the molecule is Cc1cc(NC(=O)[C@H]2[C@H](c3ccc(F)c(Cl)c3)C2(Cl)Cl)cc(C(=O)O)c1Cl. The zero-order chi connectivity index (χ0) is 20.1. The summed E-state index contributed by atoms with van der Waals surface area (Å²) in [4.78, 5) is 23.9. The van der Waals surface area contributed by atoms with Gasteiger partial charge in [-0.3, -0.25) is 4.79 Å². The van der Waals surface area contributed by atoms with Crippen LogP contribution in [0.2, 0.25) is 10.0 Å². The zero-order valence-electron chi connectivity index (χ0n) is 13.7. The van der Waals surface area contributed by atoms with Crippen molar-refractivity contribution in [2.75, 3.05) is 5.32 Å². The van der Waals surface area contributed by atoms with Crippen molar-refractivity contribution in [1.29, 1.82) is 0 Å². The molecule has 2 atom stereocenters. The molecule has 27 heavy (non-hydrogen) atoms. The molecule has 4 nitrogen and oxygen atoms in total. The summed E-state index contributed by atoms with van der Waals surface area (Å²) < 4.78 is 12.0. The highest BCUT2D eigenvalue weighted by Gasteiger charge is 2.67. The number of hydrogen-bond acceptors (Lipinski definition) is 2. The number of carbonyl (C=O) groups excluding carboxylic acids is 1. The maximum atomic E-state index is 13.4. The fourth-order valence-electron chi connectivity index (χ4n) is 2.99. The van der Waals surface area contributed by atoms with Crippen LogP contribution >= 0.6 is 46.4 Å². The van der Waals surface area contributed by atoms with Gasteiger partial charge in [-0.1, -0.05) is 29.3 Å². The minimum Gasteiger partial charge on any atom is -0.478 e. The predicted octanol–water partition coefficient (Wildman–Crippen LogP) is 5.67. The van der Waals surface area contributed by atoms with Crippen LogP contribution in [0.25, 0.3) is 0 Å². The molecule has 0 bridgehead atoms. The van der Waals surface area contributed by atoms with Gasteiger partial charge in [0.2, 0.25) is 5.91 Å². The first-order chi connectivity index (χ1) is 12.5. The molecule has 2 aromatic rings. The van der Waals surface area contributed by atoms with Gasteiger partial charge in [0.15, 0.2) is 0 Å². The fraction of sp³-hybridized carbons (Fsp3) is 0.222. The minimum atomic E-state index is -1.39. The Morgan fingerprint density at radius 1 is 1.19 bits per heavy atom. The number of carbonyl (C=O) groups is 2. The molecule has 142 valence electrons. The van der Waals surface area contributed by atoms with E-state index in [1.54, 1.807) is 13.0 Å². The number of benzene rings is 2. The molecular weight excluding hydrogens is 439 g/mol. The molecule has 3 rings (SSSR count). The van der Waals surface area contributed by atoms with Crippen molar-refractivity contribution in [2.45, 2.75) is 17.2 Å². The molecule has 0 spiro atoms. The Balaban J connectivity index is 1.84. The standard InChI is InChI=1S/C18H12Cl4FNO3/c1-7-4-9(6-10(15(7)20)17(26)27)24-16(25)14-13(18(14,21)22)8-2-3-12(23)11(19)5-8/h2-6,13-14H,1H3,(H,24,25)(H,26,27)/t13-,14+/m0/s1. The molecule has 0 heterocycles. The summed E-state index contributed by atoms with van der Waals surface area (Å²) in [6, 6.07) is 6.82. The monoisotopic (exact) mass is 449 g/mol. The van der Waals surface area contributed by atoms with Crippen molar-refractivity contribution in [3.05, 3.63) is 62.9 Å². The number of alkyl halides is 2. The number of hydrogen-bond donors (Lipinski definition) is 2. The highest BCUT2D eigenvalue weighted by atomic mass is 35.5. The highest BCUT2D eigenvalue weighted by Crippen LogP contribution is 2.65. The zero-order valence-corrected chi connectivity index (χ0v) is 16.7. The summed E-state index contributed by atoms with van der Waals surface area (Å²) in [5.41, 5.74) is 1.15. The van der Waals surface area contributed by atoms with Crippen LogP contribution < -0.4 is 5.32 Å². The van der Waals surface area contributed by atoms with Crippen molar-refractivity contribution in [2.24, 2.45) is 5.92 Å². The molecule has 0 radical (unpaired) electrons. The van der Waals surface area contributed by atoms with Crippen LogP contribution in [0.4, 0.5) is 10.1 Å². The van der Waals surface area contributed by atoms with E-state index < -0.39 is 33.9 Å². The Bertz CT molecular complexity index is 964. The van der Waals surface area contributed by atoms with Crippen molar-refractivity contribution >= 4 is 64.0 Å². The smallest absolute Gasteiger partial charge is 0.337 e. The maximum absolute atomic E-state index is 13.4. The first-order valence-corrected chi connectivity index (χ1v) is 9.22. The number of halogens is 5. The van der Waals surface area contributed by atoms with E-state index in [2.05, 4.69) is 5.32 Å². The van der Waals surface area contributed by atoms with Crippen LogP contribution in [0.3, 0.4) is 0 Å². The summed E-state index contributed by atoms with van der Waals surface area (Å²) in [5, 5.41) is 11.8. The third-order valence-electron chi connectivity index (χ3n) is 4.39. The molecular formula is C18H12Cl4FNO3. The van der Waals surface area contributed by atoms with E-state index in [0.29, 0.717) is 11.1 Å². The fourth-order valence-corrected chi connectivity index (χ4v) is 4.20. The molecule has 1 amide bonds. The highest BCUT2D eigenvalue weighted by molar-refractivity contribution is 6.53. The first-order valence-electron chi connectivity index (χ1n) is 7.71. The van der Waals surface area contributed by atoms with Crippen molar-refractivity contribution < 1.29 is 19.1 Å². The number of nitrogens with one attached hydrogen (secondary N) is 1. The Morgan fingerprint density at radius 3 is 2.44 bits per heavy atom. The maximum Gasteiger partial charge on any atom is 0.337 e. The average Bonchev–Trinajstić information content (AvgIpc) is 3.15. The molecule has 1 saturated carbocycles. The van der Waals surface area contributed by atoms with Gasteiger partial charge >= 0.3 is 5.97 Å². The molecule has 1 fully saturated rings. The van der Waals surface area contributed by atoms with Crippen LogP contribution in [0.15, 0.2) is 30.3 Å². The van der Waals surface area contributed by atoms with Crippen molar-refractivity contribution in [3.63, 3.8) is 0 Å². The Hall–Kier alpha value is -1.53. The molecule has 0 aromatic heterocycles. The van der Waals surface area contributed by atoms with Crippen LogP contribution in [-0.4, -0.2) is 21.3 Å². The molecule has 1 aliphatic carbocycles.